The summed E-state index contributed by atoms with van der Waals surface area (Å²) < 4.78 is 8.88. The van der Waals surface area contributed by atoms with Crippen molar-refractivity contribution in [2.45, 2.75) is 0 Å². The fourth-order valence-corrected chi connectivity index (χ4v) is 0. The molecule has 7 N–H and O–H groups in total. The van der Waals surface area contributed by atoms with E-state index in [1.54, 1.807) is 0 Å². The third kappa shape index (κ3) is 500. The van der Waals surface area contributed by atoms with Gasteiger partial charge >= 0.3 is 35.7 Å². The Hall–Kier alpha value is 2.01. The first-order chi connectivity index (χ1) is 4.00. The molecule has 0 aliphatic rings. The van der Waals surface area contributed by atoms with Crippen LogP contribution < -0.4 is 0 Å². The molecule has 76 valence electrons. The number of hydrogen-bond acceptors (Lipinski definition) is 5. The Morgan fingerprint density at radius 2 is 0.923 bits per heavy atom. The second kappa shape index (κ2) is 12.1. The second-order valence-electron chi connectivity index (χ2n) is 1.11. The Morgan fingerprint density at radius 3 is 0.923 bits per heavy atom. The van der Waals surface area contributed by atoms with Crippen molar-refractivity contribution in [2.24, 2.45) is 0 Å². The molecule has 13 heavy (non-hydrogen) atoms. The Balaban J connectivity index is -0.0000000267. The van der Waals surface area contributed by atoms with Crippen LogP contribution in [0.1, 0.15) is 0 Å². The molecule has 0 aromatic heterocycles. The molecule has 0 radical (unpaired) electrons. The molecule has 0 aromatic carbocycles. The third-order valence-electron chi connectivity index (χ3n) is 0. The maximum Gasteiger partial charge on any atom is 0 e. The first kappa shape index (κ1) is 29.4. The van der Waals surface area contributed by atoms with Crippen molar-refractivity contribution >= 4 is 53.1 Å². The largest absolute Gasteiger partial charge is 0 e. The van der Waals surface area contributed by atoms with Crippen LogP contribution in [0.2, 0.25) is 0 Å². The van der Waals surface area contributed by atoms with Crippen molar-refractivity contribution in [3.05, 3.63) is 0 Å². The van der Waals surface area contributed by atoms with Gasteiger partial charge in [-0.1, -0.05) is 0 Å². The summed E-state index contributed by atoms with van der Waals surface area (Å²) in [7, 11) is -9.25. The van der Waals surface area contributed by atoms with E-state index < -0.39 is 16.9 Å². The summed E-state index contributed by atoms with van der Waals surface area (Å²) in [5, 5.41) is 0. The standard InChI is InChI=1S/Al.Li.H3O4P.H4O4Si.Ti.4H/c;;2*1-5(2,3)4;;;;;/h;;(H3,1,2,3,4);1-4H;;;;;. The van der Waals surface area contributed by atoms with Crippen molar-refractivity contribution < 1.29 is 60.1 Å². The maximum atomic E-state index is 8.88. The van der Waals surface area contributed by atoms with E-state index in [0.29, 0.717) is 0 Å². The molecule has 0 amide bonds. The van der Waals surface area contributed by atoms with Crippen LogP contribution in [0.4, 0.5) is 0 Å². The van der Waals surface area contributed by atoms with E-state index in [1.165, 1.54) is 0 Å². The average Bonchev–Trinajstić information content (AvgIpc) is 1.12. The van der Waals surface area contributed by atoms with Crippen LogP contribution in [-0.2, 0) is 26.3 Å². The first-order valence-corrected chi connectivity index (χ1v) is 5.03. The van der Waals surface area contributed by atoms with Crippen molar-refractivity contribution in [1.82, 2.24) is 0 Å². The maximum absolute atomic E-state index is 8.88. The van der Waals surface area contributed by atoms with E-state index in [4.69, 9.17) is 38.4 Å². The molecule has 0 heterocycles. The molecule has 0 atom stereocenters. The van der Waals surface area contributed by atoms with Gasteiger partial charge in [0, 0.05) is 21.7 Å². The zero-order valence-electron chi connectivity index (χ0n) is 4.99. The minimum Gasteiger partial charge on any atom is 0 e. The molecular weight excluding hydrogens is 269 g/mol. The van der Waals surface area contributed by atoms with Gasteiger partial charge in [-0.2, -0.15) is 0 Å². The van der Waals surface area contributed by atoms with Crippen molar-refractivity contribution in [1.29, 1.82) is 0 Å². The van der Waals surface area contributed by atoms with Gasteiger partial charge in [0.25, 0.3) is 0 Å². The van der Waals surface area contributed by atoms with Crippen molar-refractivity contribution in [3.63, 3.8) is 0 Å². The van der Waals surface area contributed by atoms with Crippen LogP contribution >= 0.6 is 7.82 Å². The van der Waals surface area contributed by atoms with Crippen LogP contribution in [0.3, 0.4) is 0 Å². The molecule has 0 rings (SSSR count). The van der Waals surface area contributed by atoms with Gasteiger partial charge in [-0.05, 0) is 0 Å². The molecule has 0 fully saturated rings. The number of hydrogen-bond donors (Lipinski definition) is 7. The summed E-state index contributed by atoms with van der Waals surface area (Å²) in [6.45, 7) is 0. The summed E-state index contributed by atoms with van der Waals surface area (Å²) >= 11 is 0. The average molecular weight is 280 g/mol. The third-order valence-corrected chi connectivity index (χ3v) is 0. The molecule has 0 bridgehead atoms. The monoisotopic (exact) mass is 280 g/mol. The predicted octanol–water partition coefficient (Wildman–Crippen LogP) is -5.37. The SMILES string of the molecule is O=P(O)(O)O.O[Si](O)(O)O.[AlH3].[LiH].[Ti]. The minimum absolute atomic E-state index is 0. The summed E-state index contributed by atoms with van der Waals surface area (Å²) in [5.41, 5.74) is 0. The summed E-state index contributed by atoms with van der Waals surface area (Å²) in [6, 6.07) is 0. The summed E-state index contributed by atoms with van der Waals surface area (Å²) in [4.78, 5) is 50.9. The zero-order chi connectivity index (χ0) is 9.00. The van der Waals surface area contributed by atoms with E-state index in [9.17, 15) is 0 Å². The van der Waals surface area contributed by atoms with Gasteiger partial charge in [0.15, 0.2) is 17.4 Å². The van der Waals surface area contributed by atoms with Gasteiger partial charge in [-0.25, -0.2) is 4.57 Å². The Labute approximate surface area is 113 Å². The van der Waals surface area contributed by atoms with Gasteiger partial charge in [-0.3, -0.25) is 0 Å². The predicted molar refractivity (Wildman–Crippen MR) is 46.0 cm³/mol. The molecular formula is H11AlLiO8PSiTi. The van der Waals surface area contributed by atoms with E-state index in [-0.39, 0.29) is 57.9 Å². The van der Waals surface area contributed by atoms with E-state index in [2.05, 4.69) is 0 Å². The van der Waals surface area contributed by atoms with Gasteiger partial charge in [0.1, 0.15) is 0 Å². The molecule has 0 unspecified atom stereocenters. The van der Waals surface area contributed by atoms with E-state index in [0.717, 1.165) is 0 Å². The van der Waals surface area contributed by atoms with Crippen LogP contribution in [-0.4, -0.2) is 79.1 Å². The van der Waals surface area contributed by atoms with E-state index in [1.807, 2.05) is 0 Å². The Morgan fingerprint density at radius 1 is 0.923 bits per heavy atom. The quantitative estimate of drug-likeness (QED) is 0.171. The van der Waals surface area contributed by atoms with Crippen LogP contribution in [0, 0.1) is 0 Å². The molecule has 0 saturated heterocycles. The fourth-order valence-electron chi connectivity index (χ4n) is 0. The topological polar surface area (TPSA) is 159 Å². The van der Waals surface area contributed by atoms with Gasteiger partial charge < -0.3 is 33.9 Å². The van der Waals surface area contributed by atoms with Gasteiger partial charge in [0.05, 0.1) is 0 Å². The fraction of sp³-hybridized carbons (Fsp3) is 0. The summed E-state index contributed by atoms with van der Waals surface area (Å²) in [5.74, 6) is 0. The molecule has 13 heteroatoms. The van der Waals surface area contributed by atoms with Gasteiger partial charge in [-0.15, -0.1) is 0 Å². The molecule has 0 aliphatic heterocycles. The van der Waals surface area contributed by atoms with Gasteiger partial charge in [0.2, 0.25) is 0 Å². The van der Waals surface area contributed by atoms with E-state index >= 15 is 0 Å². The molecule has 0 aromatic rings. The molecule has 0 aliphatic carbocycles. The number of phosphoric acid groups is 1. The zero-order valence-corrected chi connectivity index (χ0v) is 8.44. The smallest absolute Gasteiger partial charge is 0 e. The minimum atomic E-state index is -4.64. The summed E-state index contributed by atoms with van der Waals surface area (Å²) in [6.07, 6.45) is 0. The second-order valence-corrected chi connectivity index (χ2v) is 3.34. The first-order valence-electron chi connectivity index (χ1n) is 1.68. The normalized spacial score (nSPS) is 9.15. The van der Waals surface area contributed by atoms with Crippen molar-refractivity contribution in [3.8, 4) is 0 Å². The van der Waals surface area contributed by atoms with Crippen LogP contribution in [0.25, 0.3) is 0 Å². The molecule has 8 nitrogen and oxygen atoms in total. The number of rotatable bonds is 0. The van der Waals surface area contributed by atoms with Crippen LogP contribution in [0.15, 0.2) is 0 Å². The molecule has 0 saturated carbocycles. The van der Waals surface area contributed by atoms with Crippen molar-refractivity contribution in [2.75, 3.05) is 0 Å². The Bertz CT molecular complexity index is 116. The van der Waals surface area contributed by atoms with Crippen LogP contribution in [0.5, 0.6) is 0 Å². The Kier molecular flexibility index (Phi) is 27.3. The molecule has 0 spiro atoms.